The van der Waals surface area contributed by atoms with Gasteiger partial charge in [-0.25, -0.2) is 4.39 Å². The van der Waals surface area contributed by atoms with E-state index >= 15 is 0 Å². The van der Waals surface area contributed by atoms with E-state index in [1.54, 1.807) is 12.1 Å². The van der Waals surface area contributed by atoms with Crippen LogP contribution in [0.3, 0.4) is 0 Å². The molecule has 1 aromatic heterocycles. The Labute approximate surface area is 217 Å². The zero-order chi connectivity index (χ0) is 26.5. The first-order chi connectivity index (χ1) is 17.4. The standard InChI is InChI=1S/C24H21ClF4N4O3S/c25-16-2-1-14(18(26)11-16)12-31-6-3-23(13-31)4-7-32(8-5-23)22-30-21(34)17-9-15(24(27,28)29)10-19(33(35)36)20(17)37-22/h1-2,9-11H,3-8,12-13H2. The number of likely N-dealkylation sites (tertiary alicyclic amines) is 1. The first kappa shape index (κ1) is 25.8. The van der Waals surface area contributed by atoms with Crippen molar-refractivity contribution in [3.63, 3.8) is 0 Å². The van der Waals surface area contributed by atoms with Gasteiger partial charge in [0, 0.05) is 42.8 Å². The molecular formula is C24H21ClF4N4O3S. The molecule has 2 saturated heterocycles. The molecule has 2 fully saturated rings. The average molecular weight is 557 g/mol. The Hall–Kier alpha value is -2.83. The molecule has 2 aliphatic rings. The van der Waals surface area contributed by atoms with E-state index in [0.717, 1.165) is 43.7 Å². The van der Waals surface area contributed by atoms with E-state index in [1.807, 2.05) is 4.90 Å². The Morgan fingerprint density at radius 2 is 1.84 bits per heavy atom. The second-order valence-corrected chi connectivity index (χ2v) is 11.0. The minimum Gasteiger partial charge on any atom is -0.348 e. The third kappa shape index (κ3) is 5.14. The van der Waals surface area contributed by atoms with Gasteiger partial charge >= 0.3 is 6.18 Å². The van der Waals surface area contributed by atoms with Gasteiger partial charge in [0.2, 0.25) is 0 Å². The van der Waals surface area contributed by atoms with Gasteiger partial charge in [0.1, 0.15) is 10.5 Å². The summed E-state index contributed by atoms with van der Waals surface area (Å²) >= 11 is 6.71. The molecule has 0 unspecified atom stereocenters. The highest BCUT2D eigenvalue weighted by atomic mass is 35.5. The van der Waals surface area contributed by atoms with Crippen LogP contribution in [-0.2, 0) is 12.7 Å². The van der Waals surface area contributed by atoms with Gasteiger partial charge in [0.25, 0.3) is 11.2 Å². The van der Waals surface area contributed by atoms with Crippen molar-refractivity contribution in [3.8, 4) is 0 Å². The lowest BCUT2D eigenvalue weighted by molar-refractivity contribution is -0.383. The zero-order valence-corrected chi connectivity index (χ0v) is 20.9. The van der Waals surface area contributed by atoms with Crippen LogP contribution in [-0.4, -0.2) is 41.0 Å². The van der Waals surface area contributed by atoms with Gasteiger partial charge in [-0.15, -0.1) is 0 Å². The quantitative estimate of drug-likeness (QED) is 0.227. The predicted molar refractivity (Wildman–Crippen MR) is 133 cm³/mol. The fourth-order valence-electron chi connectivity index (χ4n) is 5.21. The SMILES string of the molecule is O=c1nc(N2CCC3(CCN(Cc4ccc(Cl)cc4F)C3)CC2)sc2c([N+](=O)[O-])cc(C(F)(F)F)cc12. The highest BCUT2D eigenvalue weighted by Crippen LogP contribution is 2.43. The van der Waals surface area contributed by atoms with Crippen LogP contribution in [0.4, 0.5) is 28.4 Å². The Morgan fingerprint density at radius 1 is 1.14 bits per heavy atom. The monoisotopic (exact) mass is 556 g/mol. The van der Waals surface area contributed by atoms with Gasteiger partial charge < -0.3 is 4.90 Å². The number of aromatic nitrogens is 1. The van der Waals surface area contributed by atoms with Gasteiger partial charge in [0.05, 0.1) is 15.9 Å². The molecule has 0 aliphatic carbocycles. The second-order valence-electron chi connectivity index (χ2n) is 9.61. The molecule has 0 atom stereocenters. The summed E-state index contributed by atoms with van der Waals surface area (Å²) in [5.41, 5.74) is -2.33. The molecular weight excluding hydrogens is 536 g/mol. The van der Waals surface area contributed by atoms with Gasteiger partial charge in [-0.05, 0) is 49.4 Å². The number of nitrogens with zero attached hydrogens (tertiary/aromatic N) is 4. The molecule has 2 aromatic carbocycles. The van der Waals surface area contributed by atoms with Gasteiger partial charge in [0.15, 0.2) is 5.13 Å². The molecule has 13 heteroatoms. The number of fused-ring (bicyclic) bond motifs is 1. The number of hydrogen-bond acceptors (Lipinski definition) is 7. The molecule has 0 radical (unpaired) electrons. The van der Waals surface area contributed by atoms with Crippen molar-refractivity contribution in [3.05, 3.63) is 72.8 Å². The normalized spacial score (nSPS) is 18.1. The third-order valence-electron chi connectivity index (χ3n) is 7.24. The molecule has 5 rings (SSSR count). The molecule has 0 amide bonds. The largest absolute Gasteiger partial charge is 0.416 e. The summed E-state index contributed by atoms with van der Waals surface area (Å²) in [7, 11) is 0. The summed E-state index contributed by atoms with van der Waals surface area (Å²) in [5.74, 6) is -0.336. The number of nitro groups is 1. The van der Waals surface area contributed by atoms with E-state index in [4.69, 9.17) is 11.6 Å². The van der Waals surface area contributed by atoms with E-state index in [9.17, 15) is 32.5 Å². The van der Waals surface area contributed by atoms with Crippen LogP contribution in [0, 0.1) is 21.3 Å². The number of nitro benzene ring substituents is 1. The molecule has 1 spiro atoms. The fourth-order valence-corrected chi connectivity index (χ4v) is 6.49. The maximum atomic E-state index is 14.2. The summed E-state index contributed by atoms with van der Waals surface area (Å²) in [5, 5.41) is 11.7. The molecule has 196 valence electrons. The van der Waals surface area contributed by atoms with E-state index in [1.165, 1.54) is 6.07 Å². The van der Waals surface area contributed by atoms with Crippen molar-refractivity contribution < 1.29 is 22.5 Å². The van der Waals surface area contributed by atoms with E-state index in [-0.39, 0.29) is 21.1 Å². The highest BCUT2D eigenvalue weighted by molar-refractivity contribution is 7.22. The van der Waals surface area contributed by atoms with Crippen LogP contribution in [0.15, 0.2) is 35.1 Å². The minimum absolute atomic E-state index is 0.0226. The number of halogens is 5. The molecule has 2 aliphatic heterocycles. The number of non-ortho nitro benzene ring substituents is 1. The maximum absolute atomic E-state index is 14.2. The Bertz CT molecular complexity index is 1440. The fraction of sp³-hybridized carbons (Fsp3) is 0.417. The van der Waals surface area contributed by atoms with Crippen molar-refractivity contribution in [1.82, 2.24) is 9.88 Å². The summed E-state index contributed by atoms with van der Waals surface area (Å²) in [6.07, 6.45) is -2.34. The molecule has 0 N–H and O–H groups in total. The van der Waals surface area contributed by atoms with Crippen molar-refractivity contribution in [2.45, 2.75) is 32.0 Å². The van der Waals surface area contributed by atoms with Crippen molar-refractivity contribution in [2.24, 2.45) is 5.41 Å². The van der Waals surface area contributed by atoms with Crippen LogP contribution < -0.4 is 10.5 Å². The topological polar surface area (TPSA) is 79.6 Å². The first-order valence-corrected chi connectivity index (χ1v) is 12.8. The van der Waals surface area contributed by atoms with Crippen molar-refractivity contribution >= 4 is 43.8 Å². The van der Waals surface area contributed by atoms with Gasteiger partial charge in [-0.3, -0.25) is 19.8 Å². The number of piperidine rings is 1. The first-order valence-electron chi connectivity index (χ1n) is 11.6. The highest BCUT2D eigenvalue weighted by Gasteiger charge is 2.41. The van der Waals surface area contributed by atoms with Crippen molar-refractivity contribution in [1.29, 1.82) is 0 Å². The minimum atomic E-state index is -4.83. The van der Waals surface area contributed by atoms with Gasteiger partial charge in [-0.1, -0.05) is 29.0 Å². The molecule has 3 heterocycles. The van der Waals surface area contributed by atoms with Crippen LogP contribution in [0.1, 0.15) is 30.4 Å². The summed E-state index contributed by atoms with van der Waals surface area (Å²) in [6, 6.07) is 5.75. The molecule has 3 aromatic rings. The van der Waals surface area contributed by atoms with Crippen LogP contribution in [0.5, 0.6) is 0 Å². The number of hydrogen-bond donors (Lipinski definition) is 0. The summed E-state index contributed by atoms with van der Waals surface area (Å²) in [6.45, 7) is 3.18. The average Bonchev–Trinajstić information content (AvgIpc) is 3.21. The van der Waals surface area contributed by atoms with Crippen LogP contribution in [0.2, 0.25) is 5.02 Å². The number of benzene rings is 2. The molecule has 37 heavy (non-hydrogen) atoms. The van der Waals surface area contributed by atoms with E-state index in [2.05, 4.69) is 9.88 Å². The van der Waals surface area contributed by atoms with E-state index < -0.39 is 33.3 Å². The predicted octanol–water partition coefficient (Wildman–Crippen LogP) is 5.87. The van der Waals surface area contributed by atoms with Crippen molar-refractivity contribution in [2.75, 3.05) is 31.1 Å². The molecule has 0 bridgehead atoms. The lowest BCUT2D eigenvalue weighted by Gasteiger charge is -2.39. The summed E-state index contributed by atoms with van der Waals surface area (Å²) < 4.78 is 53.8. The maximum Gasteiger partial charge on any atom is 0.416 e. The zero-order valence-electron chi connectivity index (χ0n) is 19.4. The number of anilines is 1. The number of alkyl halides is 3. The third-order valence-corrected chi connectivity index (χ3v) is 8.64. The Morgan fingerprint density at radius 3 is 2.49 bits per heavy atom. The second kappa shape index (κ2) is 9.48. The Balaban J connectivity index is 1.33. The lowest BCUT2D eigenvalue weighted by atomic mass is 9.78. The molecule has 0 saturated carbocycles. The smallest absolute Gasteiger partial charge is 0.348 e. The lowest BCUT2D eigenvalue weighted by Crippen LogP contribution is -2.42. The number of rotatable bonds is 4. The van der Waals surface area contributed by atoms with Crippen LogP contribution in [0.25, 0.3) is 10.1 Å². The van der Waals surface area contributed by atoms with E-state index in [0.29, 0.717) is 42.4 Å². The Kier molecular flexibility index (Phi) is 6.61. The van der Waals surface area contributed by atoms with Gasteiger partial charge in [-0.2, -0.15) is 18.2 Å². The summed E-state index contributed by atoms with van der Waals surface area (Å²) in [4.78, 5) is 31.3. The molecule has 7 nitrogen and oxygen atoms in total. The van der Waals surface area contributed by atoms with Crippen LogP contribution >= 0.6 is 22.9 Å².